The van der Waals surface area contributed by atoms with Crippen molar-refractivity contribution in [3.63, 3.8) is 0 Å². The standard InChI is InChI=1S/C21H26N2O3/c1-15(26-19-13-12-16-8-6-7-11-18(16)14-19)20(24)22-23-21(25)17-9-4-2-3-5-10-17/h6-8,11-15,17H,2-5,9-10H2,1H3,(H,22,24)(H,23,25). The summed E-state index contributed by atoms with van der Waals surface area (Å²) in [5, 5.41) is 2.17. The highest BCUT2D eigenvalue weighted by Crippen LogP contribution is 2.23. The molecule has 1 saturated carbocycles. The van der Waals surface area contributed by atoms with E-state index in [1.54, 1.807) is 6.92 Å². The number of carbonyl (C=O) groups excluding carboxylic acids is 2. The number of carbonyl (C=O) groups is 2. The third-order valence-electron chi connectivity index (χ3n) is 4.94. The third-order valence-corrected chi connectivity index (χ3v) is 4.94. The molecule has 5 heteroatoms. The molecule has 1 unspecified atom stereocenters. The molecule has 26 heavy (non-hydrogen) atoms. The largest absolute Gasteiger partial charge is 0.481 e. The van der Waals surface area contributed by atoms with Crippen LogP contribution in [-0.4, -0.2) is 17.9 Å². The van der Waals surface area contributed by atoms with Crippen LogP contribution in [0.1, 0.15) is 45.4 Å². The Morgan fingerprint density at radius 1 is 0.962 bits per heavy atom. The fraction of sp³-hybridized carbons (Fsp3) is 0.429. The first-order valence-corrected chi connectivity index (χ1v) is 9.38. The lowest BCUT2D eigenvalue weighted by molar-refractivity contribution is -0.134. The summed E-state index contributed by atoms with van der Waals surface area (Å²) in [4.78, 5) is 24.4. The maximum atomic E-state index is 12.2. The lowest BCUT2D eigenvalue weighted by atomic mass is 10.00. The van der Waals surface area contributed by atoms with Crippen LogP contribution in [0, 0.1) is 5.92 Å². The molecule has 0 spiro atoms. The first-order chi connectivity index (χ1) is 12.6. The Balaban J connectivity index is 1.51. The second-order valence-electron chi connectivity index (χ2n) is 6.94. The zero-order valence-corrected chi connectivity index (χ0v) is 15.2. The fourth-order valence-corrected chi connectivity index (χ4v) is 3.37. The van der Waals surface area contributed by atoms with Crippen LogP contribution in [0.5, 0.6) is 5.75 Å². The van der Waals surface area contributed by atoms with Gasteiger partial charge in [-0.1, -0.05) is 56.0 Å². The van der Waals surface area contributed by atoms with Crippen molar-refractivity contribution in [1.82, 2.24) is 10.9 Å². The van der Waals surface area contributed by atoms with Gasteiger partial charge in [0.15, 0.2) is 6.10 Å². The SMILES string of the molecule is CC(Oc1ccc2ccccc2c1)C(=O)NNC(=O)C1CCCCCC1. The van der Waals surface area contributed by atoms with E-state index in [9.17, 15) is 9.59 Å². The quantitative estimate of drug-likeness (QED) is 0.649. The van der Waals surface area contributed by atoms with E-state index in [0.717, 1.165) is 36.5 Å². The minimum absolute atomic E-state index is 0.00508. The molecule has 0 heterocycles. The van der Waals surface area contributed by atoms with Crippen LogP contribution in [-0.2, 0) is 9.59 Å². The molecule has 2 amide bonds. The van der Waals surface area contributed by atoms with E-state index in [1.807, 2.05) is 42.5 Å². The molecular formula is C21H26N2O3. The topological polar surface area (TPSA) is 67.4 Å². The smallest absolute Gasteiger partial charge is 0.279 e. The van der Waals surface area contributed by atoms with Crippen LogP contribution < -0.4 is 15.6 Å². The highest BCUT2D eigenvalue weighted by atomic mass is 16.5. The highest BCUT2D eigenvalue weighted by molar-refractivity contribution is 5.86. The zero-order chi connectivity index (χ0) is 18.4. The molecule has 1 aliphatic rings. The van der Waals surface area contributed by atoms with Crippen molar-refractivity contribution in [2.45, 2.75) is 51.6 Å². The molecule has 5 nitrogen and oxygen atoms in total. The minimum Gasteiger partial charge on any atom is -0.481 e. The third kappa shape index (κ3) is 4.75. The van der Waals surface area contributed by atoms with Crippen molar-refractivity contribution in [3.8, 4) is 5.75 Å². The number of hydrogen-bond acceptors (Lipinski definition) is 3. The van der Waals surface area contributed by atoms with Gasteiger partial charge in [0.25, 0.3) is 5.91 Å². The van der Waals surface area contributed by atoms with Crippen molar-refractivity contribution in [1.29, 1.82) is 0 Å². The Hall–Kier alpha value is -2.56. The molecule has 1 fully saturated rings. The average molecular weight is 354 g/mol. The number of hydrazine groups is 1. The molecule has 1 aliphatic carbocycles. The molecule has 0 bridgehead atoms. The highest BCUT2D eigenvalue weighted by Gasteiger charge is 2.21. The van der Waals surface area contributed by atoms with Crippen LogP contribution in [0.2, 0.25) is 0 Å². The summed E-state index contributed by atoms with van der Waals surface area (Å²) in [5.74, 6) is 0.161. The molecular weight excluding hydrogens is 328 g/mol. The van der Waals surface area contributed by atoms with Gasteiger partial charge in [0, 0.05) is 5.92 Å². The van der Waals surface area contributed by atoms with Gasteiger partial charge in [0.1, 0.15) is 5.75 Å². The Bertz CT molecular complexity index is 767. The monoisotopic (exact) mass is 354 g/mol. The Morgan fingerprint density at radius 2 is 1.65 bits per heavy atom. The minimum atomic E-state index is -0.703. The second-order valence-corrected chi connectivity index (χ2v) is 6.94. The van der Waals surface area contributed by atoms with Crippen LogP contribution >= 0.6 is 0 Å². The molecule has 1 atom stereocenters. The normalized spacial score (nSPS) is 16.5. The van der Waals surface area contributed by atoms with E-state index in [0.29, 0.717) is 5.75 Å². The first-order valence-electron chi connectivity index (χ1n) is 9.38. The summed E-state index contributed by atoms with van der Waals surface area (Å²) in [6, 6.07) is 13.7. The Morgan fingerprint density at radius 3 is 2.38 bits per heavy atom. The molecule has 0 saturated heterocycles. The lowest BCUT2D eigenvalue weighted by Gasteiger charge is -2.18. The van der Waals surface area contributed by atoms with E-state index < -0.39 is 6.10 Å². The van der Waals surface area contributed by atoms with Gasteiger partial charge in [-0.05, 0) is 42.7 Å². The molecule has 3 rings (SSSR count). The maximum absolute atomic E-state index is 12.2. The Labute approximate surface area is 154 Å². The van der Waals surface area contributed by atoms with Crippen LogP contribution in [0.3, 0.4) is 0 Å². The van der Waals surface area contributed by atoms with E-state index in [-0.39, 0.29) is 17.7 Å². The molecule has 138 valence electrons. The average Bonchev–Trinajstić information content (AvgIpc) is 2.95. The number of ether oxygens (including phenoxy) is 1. The van der Waals surface area contributed by atoms with Crippen molar-refractivity contribution >= 4 is 22.6 Å². The molecule has 0 aromatic heterocycles. The van der Waals surface area contributed by atoms with Crippen molar-refractivity contribution in [3.05, 3.63) is 42.5 Å². The summed E-state index contributed by atoms with van der Waals surface area (Å²) in [6.45, 7) is 1.67. The zero-order valence-electron chi connectivity index (χ0n) is 15.2. The maximum Gasteiger partial charge on any atom is 0.279 e. The van der Waals surface area contributed by atoms with Gasteiger partial charge in [-0.3, -0.25) is 20.4 Å². The van der Waals surface area contributed by atoms with Crippen molar-refractivity contribution in [2.24, 2.45) is 5.92 Å². The lowest BCUT2D eigenvalue weighted by Crippen LogP contribution is -2.49. The van der Waals surface area contributed by atoms with Gasteiger partial charge in [0.2, 0.25) is 5.91 Å². The predicted molar refractivity (Wildman–Crippen MR) is 102 cm³/mol. The molecule has 0 aliphatic heterocycles. The Kier molecular flexibility index (Phi) is 6.10. The van der Waals surface area contributed by atoms with Gasteiger partial charge in [0.05, 0.1) is 0 Å². The van der Waals surface area contributed by atoms with Gasteiger partial charge in [-0.25, -0.2) is 0 Å². The first kappa shape index (κ1) is 18.2. The molecule has 2 N–H and O–H groups in total. The second kappa shape index (κ2) is 8.70. The summed E-state index contributed by atoms with van der Waals surface area (Å²) >= 11 is 0. The fourth-order valence-electron chi connectivity index (χ4n) is 3.37. The van der Waals surface area contributed by atoms with E-state index in [4.69, 9.17) is 4.74 Å². The summed E-state index contributed by atoms with van der Waals surface area (Å²) in [5.41, 5.74) is 5.05. The molecule has 2 aromatic carbocycles. The van der Waals surface area contributed by atoms with Crippen LogP contribution in [0.15, 0.2) is 42.5 Å². The summed E-state index contributed by atoms with van der Waals surface area (Å²) in [6.07, 6.45) is 5.61. The summed E-state index contributed by atoms with van der Waals surface area (Å²) < 4.78 is 5.72. The van der Waals surface area contributed by atoms with Crippen molar-refractivity contribution < 1.29 is 14.3 Å². The van der Waals surface area contributed by atoms with Gasteiger partial charge in [-0.15, -0.1) is 0 Å². The van der Waals surface area contributed by atoms with Gasteiger partial charge >= 0.3 is 0 Å². The predicted octanol–water partition coefficient (Wildman–Crippen LogP) is 3.72. The van der Waals surface area contributed by atoms with E-state index in [1.165, 1.54) is 12.8 Å². The van der Waals surface area contributed by atoms with Gasteiger partial charge in [-0.2, -0.15) is 0 Å². The number of nitrogens with one attached hydrogen (secondary N) is 2. The van der Waals surface area contributed by atoms with Crippen molar-refractivity contribution in [2.75, 3.05) is 0 Å². The molecule has 0 radical (unpaired) electrons. The number of rotatable bonds is 4. The molecule has 2 aromatic rings. The number of amides is 2. The van der Waals surface area contributed by atoms with Crippen LogP contribution in [0.4, 0.5) is 0 Å². The van der Waals surface area contributed by atoms with E-state index >= 15 is 0 Å². The number of hydrogen-bond donors (Lipinski definition) is 2. The van der Waals surface area contributed by atoms with Crippen LogP contribution in [0.25, 0.3) is 10.8 Å². The number of benzene rings is 2. The number of fused-ring (bicyclic) bond motifs is 1. The summed E-state index contributed by atoms with van der Waals surface area (Å²) in [7, 11) is 0. The van der Waals surface area contributed by atoms with Gasteiger partial charge < -0.3 is 4.74 Å². The van der Waals surface area contributed by atoms with E-state index in [2.05, 4.69) is 10.9 Å².